The number of benzene rings is 2. The topological polar surface area (TPSA) is 38.3 Å². The lowest BCUT2D eigenvalue weighted by Crippen LogP contribution is -2.42. The summed E-state index contributed by atoms with van der Waals surface area (Å²) in [6.07, 6.45) is 6.40. The molecule has 0 aromatic heterocycles. The molecule has 1 atom stereocenters. The minimum Gasteiger partial charge on any atom is -0.491 e. The average molecular weight is 366 g/mol. The van der Waals surface area contributed by atoms with E-state index in [0.717, 1.165) is 49.1 Å². The molecule has 27 heavy (non-hydrogen) atoms. The molecule has 1 fully saturated rings. The smallest absolute Gasteiger partial charge is 0.235 e. The first kappa shape index (κ1) is 19.5. The van der Waals surface area contributed by atoms with Gasteiger partial charge < -0.3 is 10.1 Å². The fourth-order valence-electron chi connectivity index (χ4n) is 3.93. The predicted molar refractivity (Wildman–Crippen MR) is 111 cm³/mol. The molecule has 3 rings (SSSR count). The van der Waals surface area contributed by atoms with Crippen LogP contribution in [-0.2, 0) is 10.2 Å². The van der Waals surface area contributed by atoms with Gasteiger partial charge in [0.25, 0.3) is 0 Å². The van der Waals surface area contributed by atoms with Gasteiger partial charge in [-0.15, -0.1) is 0 Å². The van der Waals surface area contributed by atoms with Crippen LogP contribution in [0.25, 0.3) is 0 Å². The van der Waals surface area contributed by atoms with E-state index in [9.17, 15) is 4.79 Å². The van der Waals surface area contributed by atoms with Gasteiger partial charge in [-0.25, -0.2) is 0 Å². The molecule has 2 aromatic rings. The highest BCUT2D eigenvalue weighted by atomic mass is 16.5. The second-order valence-corrected chi connectivity index (χ2v) is 7.83. The van der Waals surface area contributed by atoms with Crippen LogP contribution in [0.2, 0.25) is 0 Å². The minimum atomic E-state index is -0.420. The van der Waals surface area contributed by atoms with Crippen LogP contribution >= 0.6 is 0 Å². The molecule has 1 aliphatic rings. The summed E-state index contributed by atoms with van der Waals surface area (Å²) in [7, 11) is 0. The van der Waals surface area contributed by atoms with Crippen molar-refractivity contribution in [1.29, 1.82) is 0 Å². The molecule has 2 aromatic carbocycles. The van der Waals surface area contributed by atoms with E-state index in [1.54, 1.807) is 0 Å². The SMILES string of the molecule is CC[C@@H](C)Oc1ccc(NC(=O)C2(c3cccc(C)c3)CCCCC2)cc1. The van der Waals surface area contributed by atoms with E-state index in [-0.39, 0.29) is 12.0 Å². The molecule has 1 saturated carbocycles. The molecule has 1 amide bonds. The first-order chi connectivity index (χ1) is 13.0. The highest BCUT2D eigenvalue weighted by molar-refractivity contribution is 5.99. The molecule has 1 N–H and O–H groups in total. The number of rotatable bonds is 6. The van der Waals surface area contributed by atoms with E-state index < -0.39 is 5.41 Å². The van der Waals surface area contributed by atoms with Crippen molar-refractivity contribution in [1.82, 2.24) is 0 Å². The monoisotopic (exact) mass is 365 g/mol. The Kier molecular flexibility index (Phi) is 6.20. The summed E-state index contributed by atoms with van der Waals surface area (Å²) in [6, 6.07) is 16.2. The molecule has 0 bridgehead atoms. The molecular weight excluding hydrogens is 334 g/mol. The second-order valence-electron chi connectivity index (χ2n) is 7.83. The van der Waals surface area contributed by atoms with Crippen LogP contribution in [-0.4, -0.2) is 12.0 Å². The van der Waals surface area contributed by atoms with Crippen molar-refractivity contribution in [2.24, 2.45) is 0 Å². The van der Waals surface area contributed by atoms with Crippen molar-refractivity contribution in [2.45, 2.75) is 70.8 Å². The zero-order valence-electron chi connectivity index (χ0n) is 16.8. The third-order valence-electron chi connectivity index (χ3n) is 5.74. The predicted octanol–water partition coefficient (Wildman–Crippen LogP) is 6.01. The summed E-state index contributed by atoms with van der Waals surface area (Å²) in [6.45, 7) is 6.26. The van der Waals surface area contributed by atoms with E-state index >= 15 is 0 Å². The highest BCUT2D eigenvalue weighted by Gasteiger charge is 2.41. The third-order valence-corrected chi connectivity index (χ3v) is 5.74. The normalized spacial score (nSPS) is 17.1. The molecule has 1 aliphatic carbocycles. The molecule has 0 radical (unpaired) electrons. The van der Waals surface area contributed by atoms with Gasteiger partial charge in [0, 0.05) is 5.69 Å². The van der Waals surface area contributed by atoms with Gasteiger partial charge in [-0.2, -0.15) is 0 Å². The summed E-state index contributed by atoms with van der Waals surface area (Å²) in [5.74, 6) is 0.955. The number of anilines is 1. The van der Waals surface area contributed by atoms with E-state index in [2.05, 4.69) is 50.4 Å². The lowest BCUT2D eigenvalue weighted by Gasteiger charge is -2.36. The zero-order valence-corrected chi connectivity index (χ0v) is 16.8. The number of nitrogens with one attached hydrogen (secondary N) is 1. The van der Waals surface area contributed by atoms with Crippen LogP contribution in [0.4, 0.5) is 5.69 Å². The molecule has 144 valence electrons. The van der Waals surface area contributed by atoms with Crippen LogP contribution in [0, 0.1) is 6.92 Å². The molecule has 0 spiro atoms. The second kappa shape index (κ2) is 8.60. The number of amides is 1. The lowest BCUT2D eigenvalue weighted by molar-refractivity contribution is -0.122. The Balaban J connectivity index is 1.79. The van der Waals surface area contributed by atoms with Gasteiger partial charge in [-0.3, -0.25) is 4.79 Å². The number of carbonyl (C=O) groups excluding carboxylic acids is 1. The Morgan fingerprint density at radius 2 is 1.81 bits per heavy atom. The Hall–Kier alpha value is -2.29. The fraction of sp³-hybridized carbons (Fsp3) is 0.458. The number of hydrogen-bond acceptors (Lipinski definition) is 2. The van der Waals surface area contributed by atoms with Crippen molar-refractivity contribution < 1.29 is 9.53 Å². The van der Waals surface area contributed by atoms with Crippen LogP contribution in [0.3, 0.4) is 0 Å². The van der Waals surface area contributed by atoms with Gasteiger partial charge in [0.15, 0.2) is 0 Å². The molecule has 3 nitrogen and oxygen atoms in total. The summed E-state index contributed by atoms with van der Waals surface area (Å²) in [4.78, 5) is 13.4. The fourth-order valence-corrected chi connectivity index (χ4v) is 3.93. The van der Waals surface area contributed by atoms with E-state index in [0.29, 0.717) is 0 Å². The Morgan fingerprint density at radius 3 is 2.44 bits per heavy atom. The summed E-state index contributed by atoms with van der Waals surface area (Å²) in [5.41, 5.74) is 2.76. The molecule has 0 aliphatic heterocycles. The molecular formula is C24H31NO2. The first-order valence-corrected chi connectivity index (χ1v) is 10.2. The van der Waals surface area contributed by atoms with Crippen molar-refractivity contribution in [3.05, 3.63) is 59.7 Å². The molecule has 0 saturated heterocycles. The number of aryl methyl sites for hydroxylation is 1. The molecule has 3 heteroatoms. The molecule has 0 unspecified atom stereocenters. The standard InChI is InChI=1S/C24H31NO2/c1-4-19(3)27-22-13-11-21(12-14-22)25-23(26)24(15-6-5-7-16-24)20-10-8-9-18(2)17-20/h8-14,17,19H,4-7,15-16H2,1-3H3,(H,25,26)/t19-/m1/s1. The minimum absolute atomic E-state index is 0.114. The maximum Gasteiger partial charge on any atom is 0.235 e. The van der Waals surface area contributed by atoms with Crippen LogP contribution in [0.5, 0.6) is 5.75 Å². The average Bonchev–Trinajstić information content (AvgIpc) is 2.70. The van der Waals surface area contributed by atoms with E-state index in [1.165, 1.54) is 12.0 Å². The quantitative estimate of drug-likeness (QED) is 0.680. The third kappa shape index (κ3) is 4.52. The molecule has 0 heterocycles. The van der Waals surface area contributed by atoms with Gasteiger partial charge in [-0.05, 0) is 62.9 Å². The van der Waals surface area contributed by atoms with Crippen LogP contribution in [0.1, 0.15) is 63.5 Å². The maximum atomic E-state index is 13.4. The van der Waals surface area contributed by atoms with Crippen molar-refractivity contribution in [3.63, 3.8) is 0 Å². The van der Waals surface area contributed by atoms with Gasteiger partial charge >= 0.3 is 0 Å². The van der Waals surface area contributed by atoms with Gasteiger partial charge in [-0.1, -0.05) is 56.0 Å². The van der Waals surface area contributed by atoms with Crippen LogP contribution < -0.4 is 10.1 Å². The number of ether oxygens (including phenoxy) is 1. The first-order valence-electron chi connectivity index (χ1n) is 10.2. The lowest BCUT2D eigenvalue weighted by atomic mass is 9.68. The van der Waals surface area contributed by atoms with Gasteiger partial charge in [0.05, 0.1) is 11.5 Å². The maximum absolute atomic E-state index is 13.4. The summed E-state index contributed by atoms with van der Waals surface area (Å²) < 4.78 is 5.83. The summed E-state index contributed by atoms with van der Waals surface area (Å²) in [5, 5.41) is 3.17. The Morgan fingerprint density at radius 1 is 1.11 bits per heavy atom. The van der Waals surface area contributed by atoms with E-state index in [4.69, 9.17) is 4.74 Å². The van der Waals surface area contributed by atoms with Crippen LogP contribution in [0.15, 0.2) is 48.5 Å². The van der Waals surface area contributed by atoms with Gasteiger partial charge in [0.1, 0.15) is 5.75 Å². The van der Waals surface area contributed by atoms with Crippen molar-refractivity contribution in [2.75, 3.05) is 5.32 Å². The van der Waals surface area contributed by atoms with Gasteiger partial charge in [0.2, 0.25) is 5.91 Å². The largest absolute Gasteiger partial charge is 0.491 e. The van der Waals surface area contributed by atoms with E-state index in [1.807, 2.05) is 24.3 Å². The summed E-state index contributed by atoms with van der Waals surface area (Å²) >= 11 is 0. The number of hydrogen-bond donors (Lipinski definition) is 1. The zero-order chi connectivity index (χ0) is 19.3. The Labute approximate surface area is 163 Å². The van der Waals surface area contributed by atoms with Crippen molar-refractivity contribution >= 4 is 11.6 Å². The highest BCUT2D eigenvalue weighted by Crippen LogP contribution is 2.40. The Bertz CT molecular complexity index is 760. The van der Waals surface area contributed by atoms with Crippen molar-refractivity contribution in [3.8, 4) is 5.75 Å². The number of carbonyl (C=O) groups is 1.